The van der Waals surface area contributed by atoms with Crippen LogP contribution in [-0.4, -0.2) is 12.1 Å². The summed E-state index contributed by atoms with van der Waals surface area (Å²) in [6, 6.07) is 8.45. The molecule has 0 amide bonds. The average Bonchev–Trinajstić information content (AvgIpc) is 2.45. The zero-order chi connectivity index (χ0) is 15.5. The lowest BCUT2D eigenvalue weighted by Crippen LogP contribution is -2.08. The van der Waals surface area contributed by atoms with E-state index >= 15 is 0 Å². The molecule has 0 radical (unpaired) electrons. The summed E-state index contributed by atoms with van der Waals surface area (Å²) in [4.78, 5) is 3.61. The molecule has 1 aromatic carbocycles. The van der Waals surface area contributed by atoms with Gasteiger partial charge in [-0.1, -0.05) is 23.7 Å². The molecule has 0 atom stereocenters. The van der Waals surface area contributed by atoms with E-state index in [1.807, 2.05) is 24.3 Å². The largest absolute Gasteiger partial charge is 0.497 e. The monoisotopic (exact) mass is 315 g/mol. The standard InChI is InChI=1S/C15H13ClF3NO/c1-21-12-6-4-10(5-7-12)2-3-11-8-13(15(17,18)19)14(16)20-9-11/h4-9H,2-3H2,1H3. The quantitative estimate of drug-likeness (QED) is 0.772. The van der Waals surface area contributed by atoms with Crippen LogP contribution in [-0.2, 0) is 19.0 Å². The second-order valence-corrected chi connectivity index (χ2v) is 4.89. The number of nitrogens with zero attached hydrogens (tertiary/aromatic N) is 1. The van der Waals surface area contributed by atoms with E-state index in [0.717, 1.165) is 17.4 Å². The Hall–Kier alpha value is -1.75. The minimum Gasteiger partial charge on any atom is -0.497 e. The fraction of sp³-hybridized carbons (Fsp3) is 0.267. The van der Waals surface area contributed by atoms with E-state index in [1.54, 1.807) is 7.11 Å². The van der Waals surface area contributed by atoms with Crippen LogP contribution < -0.4 is 4.74 Å². The van der Waals surface area contributed by atoms with E-state index in [2.05, 4.69) is 4.98 Å². The van der Waals surface area contributed by atoms with Gasteiger partial charge in [-0.3, -0.25) is 0 Å². The van der Waals surface area contributed by atoms with E-state index in [4.69, 9.17) is 16.3 Å². The summed E-state index contributed by atoms with van der Waals surface area (Å²) >= 11 is 5.49. The summed E-state index contributed by atoms with van der Waals surface area (Å²) in [5.41, 5.74) is 0.623. The second-order valence-electron chi connectivity index (χ2n) is 4.53. The Bertz CT molecular complexity index is 611. The number of alkyl halides is 3. The lowest BCUT2D eigenvalue weighted by molar-refractivity contribution is -0.137. The summed E-state index contributed by atoms with van der Waals surface area (Å²) in [6.07, 6.45) is -2.04. The maximum atomic E-state index is 12.7. The van der Waals surface area contributed by atoms with Crippen LogP contribution in [0.5, 0.6) is 5.75 Å². The zero-order valence-corrected chi connectivity index (χ0v) is 12.0. The van der Waals surface area contributed by atoms with Crippen molar-refractivity contribution in [3.05, 3.63) is 58.4 Å². The van der Waals surface area contributed by atoms with Crippen LogP contribution in [0, 0.1) is 0 Å². The van der Waals surface area contributed by atoms with E-state index in [9.17, 15) is 13.2 Å². The molecule has 0 unspecified atom stereocenters. The summed E-state index contributed by atoms with van der Waals surface area (Å²) in [7, 11) is 1.58. The molecule has 0 fully saturated rings. The van der Waals surface area contributed by atoms with Gasteiger partial charge in [-0.15, -0.1) is 0 Å². The van der Waals surface area contributed by atoms with Gasteiger partial charge in [0.05, 0.1) is 12.7 Å². The number of hydrogen-bond acceptors (Lipinski definition) is 2. The topological polar surface area (TPSA) is 22.1 Å². The molecule has 0 aliphatic rings. The molecular formula is C15H13ClF3NO. The molecule has 2 rings (SSSR count). The number of methoxy groups -OCH3 is 1. The molecule has 1 heterocycles. The average molecular weight is 316 g/mol. The van der Waals surface area contributed by atoms with E-state index in [1.165, 1.54) is 6.20 Å². The summed E-state index contributed by atoms with van der Waals surface area (Å²) < 4.78 is 43.3. The van der Waals surface area contributed by atoms with Crippen LogP contribution in [0.4, 0.5) is 13.2 Å². The number of pyridine rings is 1. The number of benzene rings is 1. The molecule has 0 spiro atoms. The summed E-state index contributed by atoms with van der Waals surface area (Å²) in [5, 5.41) is -0.518. The molecule has 21 heavy (non-hydrogen) atoms. The Morgan fingerprint density at radius 2 is 1.71 bits per heavy atom. The van der Waals surface area contributed by atoms with Crippen LogP contribution in [0.2, 0.25) is 5.15 Å². The molecule has 2 aromatic rings. The van der Waals surface area contributed by atoms with Gasteiger partial charge in [0.25, 0.3) is 0 Å². The van der Waals surface area contributed by atoms with Crippen molar-refractivity contribution in [1.29, 1.82) is 0 Å². The van der Waals surface area contributed by atoms with Gasteiger partial charge in [0, 0.05) is 6.20 Å². The molecule has 0 saturated heterocycles. The van der Waals surface area contributed by atoms with Gasteiger partial charge in [0.15, 0.2) is 0 Å². The van der Waals surface area contributed by atoms with Crippen molar-refractivity contribution >= 4 is 11.6 Å². The van der Waals surface area contributed by atoms with Gasteiger partial charge in [0.2, 0.25) is 0 Å². The molecular weight excluding hydrogens is 303 g/mol. The van der Waals surface area contributed by atoms with Crippen LogP contribution in [0.25, 0.3) is 0 Å². The van der Waals surface area contributed by atoms with Crippen molar-refractivity contribution in [1.82, 2.24) is 4.98 Å². The minimum atomic E-state index is -4.49. The van der Waals surface area contributed by atoms with Crippen molar-refractivity contribution in [3.63, 3.8) is 0 Å². The number of aromatic nitrogens is 1. The van der Waals surface area contributed by atoms with Gasteiger partial charge >= 0.3 is 6.18 Å². The normalized spacial score (nSPS) is 11.5. The Morgan fingerprint density at radius 1 is 1.10 bits per heavy atom. The Labute approximate surface area is 125 Å². The van der Waals surface area contributed by atoms with Crippen molar-refractivity contribution in [2.75, 3.05) is 7.11 Å². The molecule has 1 aromatic heterocycles. The van der Waals surface area contributed by atoms with Crippen molar-refractivity contribution < 1.29 is 17.9 Å². The molecule has 112 valence electrons. The van der Waals surface area contributed by atoms with Gasteiger partial charge < -0.3 is 4.74 Å². The first kappa shape index (κ1) is 15.6. The van der Waals surface area contributed by atoms with Crippen molar-refractivity contribution in [2.24, 2.45) is 0 Å². The highest BCUT2D eigenvalue weighted by Gasteiger charge is 2.34. The van der Waals surface area contributed by atoms with E-state index in [-0.39, 0.29) is 0 Å². The van der Waals surface area contributed by atoms with Crippen LogP contribution in [0.15, 0.2) is 36.5 Å². The molecule has 6 heteroatoms. The van der Waals surface area contributed by atoms with Crippen LogP contribution in [0.1, 0.15) is 16.7 Å². The zero-order valence-electron chi connectivity index (χ0n) is 11.2. The van der Waals surface area contributed by atoms with E-state index < -0.39 is 16.9 Å². The van der Waals surface area contributed by atoms with Gasteiger partial charge in [-0.25, -0.2) is 4.98 Å². The molecule has 0 bridgehead atoms. The highest BCUT2D eigenvalue weighted by Crippen LogP contribution is 2.34. The third-order valence-corrected chi connectivity index (χ3v) is 3.36. The Balaban J connectivity index is 2.09. The smallest absolute Gasteiger partial charge is 0.419 e. The molecule has 0 saturated carbocycles. The minimum absolute atomic E-state index is 0.458. The fourth-order valence-corrected chi connectivity index (χ4v) is 2.12. The van der Waals surface area contributed by atoms with Crippen LogP contribution in [0.3, 0.4) is 0 Å². The lowest BCUT2D eigenvalue weighted by Gasteiger charge is -2.10. The number of halogens is 4. The first-order valence-electron chi connectivity index (χ1n) is 6.24. The van der Waals surface area contributed by atoms with E-state index in [0.29, 0.717) is 18.4 Å². The second kappa shape index (κ2) is 6.35. The summed E-state index contributed by atoms with van der Waals surface area (Å²) in [5.74, 6) is 0.742. The maximum absolute atomic E-state index is 12.7. The molecule has 0 aliphatic heterocycles. The molecule has 0 N–H and O–H groups in total. The summed E-state index contributed by atoms with van der Waals surface area (Å²) in [6.45, 7) is 0. The molecule has 0 aliphatic carbocycles. The van der Waals surface area contributed by atoms with Crippen molar-refractivity contribution in [2.45, 2.75) is 19.0 Å². The number of aryl methyl sites for hydroxylation is 2. The third kappa shape index (κ3) is 4.11. The highest BCUT2D eigenvalue weighted by atomic mass is 35.5. The highest BCUT2D eigenvalue weighted by molar-refractivity contribution is 6.30. The SMILES string of the molecule is COc1ccc(CCc2cnc(Cl)c(C(F)(F)F)c2)cc1. The third-order valence-electron chi connectivity index (χ3n) is 3.06. The van der Waals surface area contributed by atoms with Gasteiger partial charge in [0.1, 0.15) is 10.9 Å². The van der Waals surface area contributed by atoms with Gasteiger partial charge in [-0.05, 0) is 42.2 Å². The number of rotatable bonds is 4. The lowest BCUT2D eigenvalue weighted by atomic mass is 10.0. The van der Waals surface area contributed by atoms with Crippen LogP contribution >= 0.6 is 11.6 Å². The fourth-order valence-electron chi connectivity index (χ4n) is 1.91. The predicted molar refractivity (Wildman–Crippen MR) is 74.7 cm³/mol. The number of ether oxygens (including phenoxy) is 1. The first-order chi connectivity index (χ1) is 9.90. The number of hydrogen-bond donors (Lipinski definition) is 0. The van der Waals surface area contributed by atoms with Crippen molar-refractivity contribution in [3.8, 4) is 5.75 Å². The molecule has 2 nitrogen and oxygen atoms in total. The van der Waals surface area contributed by atoms with Gasteiger partial charge in [-0.2, -0.15) is 13.2 Å². The Kier molecular flexibility index (Phi) is 4.73. The predicted octanol–water partition coefficient (Wildman–Crippen LogP) is 4.55. The maximum Gasteiger partial charge on any atom is 0.419 e. The first-order valence-corrected chi connectivity index (χ1v) is 6.62. The Morgan fingerprint density at radius 3 is 2.29 bits per heavy atom.